The predicted molar refractivity (Wildman–Crippen MR) is 58.5 cm³/mol. The van der Waals surface area contributed by atoms with E-state index in [1.54, 1.807) is 0 Å². The molecule has 86 valence electrons. The van der Waals surface area contributed by atoms with Crippen LogP contribution in [0.2, 0.25) is 0 Å². The average molecular weight is 234 g/mol. The molecule has 6 nitrogen and oxygen atoms in total. The lowest BCUT2D eigenvalue weighted by atomic mass is 10.1. The van der Waals surface area contributed by atoms with Gasteiger partial charge in [-0.05, 0) is 6.07 Å². The van der Waals surface area contributed by atoms with Crippen molar-refractivity contribution in [2.75, 3.05) is 5.73 Å². The first-order valence-corrected chi connectivity index (χ1v) is 4.60. The summed E-state index contributed by atoms with van der Waals surface area (Å²) in [6.07, 6.45) is 2.38. The maximum atomic E-state index is 13.4. The van der Waals surface area contributed by atoms with E-state index in [1.165, 1.54) is 12.3 Å². The van der Waals surface area contributed by atoms with Crippen molar-refractivity contribution in [3.05, 3.63) is 46.5 Å². The van der Waals surface area contributed by atoms with Crippen molar-refractivity contribution >= 4 is 11.5 Å². The zero-order valence-electron chi connectivity index (χ0n) is 8.50. The van der Waals surface area contributed by atoms with E-state index in [0.29, 0.717) is 0 Å². The molecule has 0 atom stereocenters. The summed E-state index contributed by atoms with van der Waals surface area (Å²) < 4.78 is 13.4. The second kappa shape index (κ2) is 4.12. The zero-order chi connectivity index (χ0) is 12.4. The summed E-state index contributed by atoms with van der Waals surface area (Å²) in [6.45, 7) is 0. The molecule has 0 amide bonds. The van der Waals surface area contributed by atoms with Gasteiger partial charge in [0.25, 0.3) is 5.69 Å². The molecule has 0 aliphatic carbocycles. The standard InChI is InChI=1S/C10H7FN4O2/c11-8-5-13-2-1-7(8)9-3-6(15(16)17)4-10(12)14-9/h1-5H,(H2,12,14). The van der Waals surface area contributed by atoms with Gasteiger partial charge in [0.2, 0.25) is 0 Å². The van der Waals surface area contributed by atoms with Crippen LogP contribution in [0.1, 0.15) is 0 Å². The Hall–Kier alpha value is -2.57. The molecule has 0 aromatic carbocycles. The molecule has 0 saturated carbocycles. The smallest absolute Gasteiger partial charge is 0.275 e. The third-order valence-electron chi connectivity index (χ3n) is 2.09. The van der Waals surface area contributed by atoms with Gasteiger partial charge in [-0.25, -0.2) is 9.37 Å². The minimum absolute atomic E-state index is 0.0367. The van der Waals surface area contributed by atoms with Gasteiger partial charge in [-0.15, -0.1) is 0 Å². The Balaban J connectivity index is 2.60. The summed E-state index contributed by atoms with van der Waals surface area (Å²) in [6, 6.07) is 3.65. The topological polar surface area (TPSA) is 94.9 Å². The molecule has 0 spiro atoms. The molecule has 0 saturated heterocycles. The largest absolute Gasteiger partial charge is 0.383 e. The van der Waals surface area contributed by atoms with Crippen molar-refractivity contribution in [2.45, 2.75) is 0 Å². The highest BCUT2D eigenvalue weighted by Gasteiger charge is 2.13. The van der Waals surface area contributed by atoms with Gasteiger partial charge in [0, 0.05) is 17.8 Å². The van der Waals surface area contributed by atoms with Crippen molar-refractivity contribution in [1.29, 1.82) is 0 Å². The molecule has 0 radical (unpaired) electrons. The number of nitrogens with two attached hydrogens (primary N) is 1. The third kappa shape index (κ3) is 2.17. The SMILES string of the molecule is Nc1cc([N+](=O)[O-])cc(-c2ccncc2F)n1. The number of aromatic nitrogens is 2. The van der Waals surface area contributed by atoms with E-state index in [2.05, 4.69) is 9.97 Å². The molecular formula is C10H7FN4O2. The fraction of sp³-hybridized carbons (Fsp3) is 0. The van der Waals surface area contributed by atoms with Crippen molar-refractivity contribution in [3.63, 3.8) is 0 Å². The monoisotopic (exact) mass is 234 g/mol. The Morgan fingerprint density at radius 2 is 2.18 bits per heavy atom. The van der Waals surface area contributed by atoms with Gasteiger partial charge in [-0.2, -0.15) is 0 Å². The van der Waals surface area contributed by atoms with Crippen molar-refractivity contribution in [2.24, 2.45) is 0 Å². The molecule has 0 aliphatic rings. The molecule has 0 bridgehead atoms. The number of nitro groups is 1. The number of nitrogens with zero attached hydrogens (tertiary/aromatic N) is 3. The van der Waals surface area contributed by atoms with Gasteiger partial charge in [0.15, 0.2) is 5.82 Å². The quantitative estimate of drug-likeness (QED) is 0.631. The molecule has 2 rings (SSSR count). The van der Waals surface area contributed by atoms with Gasteiger partial charge in [0.1, 0.15) is 5.82 Å². The van der Waals surface area contributed by atoms with Crippen LogP contribution in [0, 0.1) is 15.9 Å². The van der Waals surface area contributed by atoms with Gasteiger partial charge in [-0.3, -0.25) is 15.1 Å². The third-order valence-corrected chi connectivity index (χ3v) is 2.09. The average Bonchev–Trinajstić information content (AvgIpc) is 2.28. The normalized spacial score (nSPS) is 10.2. The van der Waals surface area contributed by atoms with Crippen molar-refractivity contribution in [1.82, 2.24) is 9.97 Å². The van der Waals surface area contributed by atoms with Gasteiger partial charge in [-0.1, -0.05) is 0 Å². The molecule has 0 fully saturated rings. The van der Waals surface area contributed by atoms with Crippen LogP contribution in [0.4, 0.5) is 15.9 Å². The van der Waals surface area contributed by atoms with Gasteiger partial charge in [0.05, 0.1) is 22.9 Å². The Labute approximate surface area is 95.1 Å². The maximum Gasteiger partial charge on any atom is 0.275 e. The van der Waals surface area contributed by atoms with Crippen LogP contribution >= 0.6 is 0 Å². The first kappa shape index (κ1) is 10.9. The minimum atomic E-state index is -0.611. The minimum Gasteiger partial charge on any atom is -0.383 e. The molecule has 2 aromatic rings. The maximum absolute atomic E-state index is 13.4. The van der Waals surface area contributed by atoms with E-state index < -0.39 is 10.7 Å². The Morgan fingerprint density at radius 3 is 2.82 bits per heavy atom. The van der Waals surface area contributed by atoms with E-state index in [-0.39, 0.29) is 22.8 Å². The summed E-state index contributed by atoms with van der Waals surface area (Å²) in [5.41, 5.74) is 5.43. The molecule has 0 aliphatic heterocycles. The van der Waals surface area contributed by atoms with E-state index in [0.717, 1.165) is 18.3 Å². The highest BCUT2D eigenvalue weighted by atomic mass is 19.1. The van der Waals surface area contributed by atoms with Crippen LogP contribution in [0.15, 0.2) is 30.6 Å². The number of hydrogen-bond acceptors (Lipinski definition) is 5. The second-order valence-electron chi connectivity index (χ2n) is 3.25. The number of hydrogen-bond donors (Lipinski definition) is 1. The van der Waals surface area contributed by atoms with E-state index in [4.69, 9.17) is 5.73 Å². The van der Waals surface area contributed by atoms with Crippen LogP contribution in [-0.2, 0) is 0 Å². The van der Waals surface area contributed by atoms with Crippen LogP contribution in [0.3, 0.4) is 0 Å². The summed E-state index contributed by atoms with van der Waals surface area (Å²) in [7, 11) is 0. The predicted octanol–water partition coefficient (Wildman–Crippen LogP) is 1.77. The lowest BCUT2D eigenvalue weighted by molar-refractivity contribution is -0.384. The number of nitrogen functional groups attached to an aromatic ring is 1. The Bertz CT molecular complexity index is 588. The summed E-state index contributed by atoms with van der Waals surface area (Å²) >= 11 is 0. The molecular weight excluding hydrogens is 227 g/mol. The van der Waals surface area contributed by atoms with E-state index in [9.17, 15) is 14.5 Å². The molecule has 2 aromatic heterocycles. The van der Waals surface area contributed by atoms with Crippen LogP contribution in [0.25, 0.3) is 11.3 Å². The summed E-state index contributed by atoms with van der Waals surface area (Å²) in [5.74, 6) is -0.648. The fourth-order valence-electron chi connectivity index (χ4n) is 1.36. The molecule has 7 heteroatoms. The highest BCUT2D eigenvalue weighted by molar-refractivity contribution is 5.64. The van der Waals surface area contributed by atoms with Crippen molar-refractivity contribution < 1.29 is 9.31 Å². The fourth-order valence-corrected chi connectivity index (χ4v) is 1.36. The lowest BCUT2D eigenvalue weighted by Gasteiger charge is -2.03. The van der Waals surface area contributed by atoms with E-state index >= 15 is 0 Å². The number of pyridine rings is 2. The number of halogens is 1. The van der Waals surface area contributed by atoms with Crippen LogP contribution < -0.4 is 5.73 Å². The summed E-state index contributed by atoms with van der Waals surface area (Å²) in [5, 5.41) is 10.6. The van der Waals surface area contributed by atoms with Gasteiger partial charge < -0.3 is 5.73 Å². The van der Waals surface area contributed by atoms with Crippen LogP contribution in [0.5, 0.6) is 0 Å². The number of rotatable bonds is 2. The molecule has 17 heavy (non-hydrogen) atoms. The van der Waals surface area contributed by atoms with Gasteiger partial charge >= 0.3 is 0 Å². The van der Waals surface area contributed by atoms with Crippen LogP contribution in [-0.4, -0.2) is 14.9 Å². The molecule has 2 N–H and O–H groups in total. The van der Waals surface area contributed by atoms with E-state index in [1.807, 2.05) is 0 Å². The first-order valence-electron chi connectivity index (χ1n) is 4.60. The Kier molecular flexibility index (Phi) is 2.65. The first-order chi connectivity index (χ1) is 8.08. The Morgan fingerprint density at radius 1 is 1.41 bits per heavy atom. The second-order valence-corrected chi connectivity index (χ2v) is 3.25. The van der Waals surface area contributed by atoms with Crippen molar-refractivity contribution in [3.8, 4) is 11.3 Å². The summed E-state index contributed by atoms with van der Waals surface area (Å²) in [4.78, 5) is 17.5. The highest BCUT2D eigenvalue weighted by Crippen LogP contribution is 2.25. The molecule has 0 unspecified atom stereocenters. The number of anilines is 1. The zero-order valence-corrected chi connectivity index (χ0v) is 8.50. The lowest BCUT2D eigenvalue weighted by Crippen LogP contribution is -1.97. The molecule has 2 heterocycles.